The Morgan fingerprint density at radius 2 is 0.600 bits per heavy atom. The first-order valence-corrected chi connectivity index (χ1v) is 29.6. The summed E-state index contributed by atoms with van der Waals surface area (Å²) in [5, 5.41) is 49.0. The fourth-order valence-corrected chi connectivity index (χ4v) is 13.7. The van der Waals surface area contributed by atoms with Crippen molar-refractivity contribution in [1.29, 1.82) is 21.0 Å². The fraction of sp³-hybridized carbons (Fsp3) is 0. The van der Waals surface area contributed by atoms with Crippen LogP contribution in [0.3, 0.4) is 0 Å². The largest absolute Gasteiger partial charge is 0.455 e. The van der Waals surface area contributed by atoms with Gasteiger partial charge in [-0.1, -0.05) is 133 Å². The first-order chi connectivity index (χ1) is 44.4. The second-order valence-electron chi connectivity index (χ2n) is 22.8. The molecule has 0 amide bonds. The minimum Gasteiger partial charge on any atom is -0.455 e. The molecule has 90 heavy (non-hydrogen) atoms. The Labute approximate surface area is 515 Å². The molecule has 0 atom stereocenters. The van der Waals surface area contributed by atoms with Crippen LogP contribution >= 0.6 is 0 Å². The molecule has 17 aromatic rings. The highest BCUT2D eigenvalue weighted by molar-refractivity contribution is 6.25. The van der Waals surface area contributed by atoms with Gasteiger partial charge in [-0.25, -0.2) is 0 Å². The number of rotatable bonds is 8. The number of hydrogen-bond acceptors (Lipinski definition) is 6. The zero-order chi connectivity index (χ0) is 60.1. The molecule has 0 aliphatic carbocycles. The van der Waals surface area contributed by atoms with Gasteiger partial charge in [-0.3, -0.25) is 0 Å². The molecule has 0 saturated heterocycles. The highest BCUT2D eigenvalue weighted by Crippen LogP contribution is 2.47. The average Bonchev–Trinajstić information content (AvgIpc) is 1.60. The Balaban J connectivity index is 0.884. The Kier molecular flexibility index (Phi) is 11.6. The molecule has 4 aromatic heterocycles. The Bertz CT molecular complexity index is 5640. The average molecular weight is 1150 g/mol. The van der Waals surface area contributed by atoms with Crippen molar-refractivity contribution in [3.05, 3.63) is 289 Å². The fourth-order valence-electron chi connectivity index (χ4n) is 13.7. The maximum atomic E-state index is 10.1. The van der Waals surface area contributed by atoms with Gasteiger partial charge in [-0.05, 0) is 200 Å². The van der Waals surface area contributed by atoms with E-state index < -0.39 is 0 Å². The molecule has 17 rings (SSSR count). The number of para-hydroxylation sites is 4. The molecule has 0 aliphatic rings. The van der Waals surface area contributed by atoms with Crippen molar-refractivity contribution in [2.45, 2.75) is 0 Å². The Morgan fingerprint density at radius 1 is 0.244 bits per heavy atom. The van der Waals surface area contributed by atoms with Crippen molar-refractivity contribution in [2.75, 3.05) is 0 Å². The van der Waals surface area contributed by atoms with Crippen molar-refractivity contribution in [3.63, 3.8) is 0 Å². The van der Waals surface area contributed by atoms with Gasteiger partial charge in [0.15, 0.2) is 0 Å². The molecule has 0 radical (unpaired) electrons. The summed E-state index contributed by atoms with van der Waals surface area (Å²) in [4.78, 5) is 0. The SMILES string of the molecule is N#Cc1cc(C#N)cc(-c2cccc(-c3cc(-c4ccc(-n5c6ccccc6c6c7oc8ccccc8c7ccc65)cc4)c(-c4cccc(-c5cc(C#N)cc(C#N)c5)c4)cc3-c3ccc(-n4c5ccccc5c5c6oc7ccccc7c6ccc54)cc3)c2)c1. The van der Waals surface area contributed by atoms with Crippen molar-refractivity contribution >= 4 is 87.5 Å². The predicted molar refractivity (Wildman–Crippen MR) is 361 cm³/mol. The van der Waals surface area contributed by atoms with Gasteiger partial charge in [-0.2, -0.15) is 21.0 Å². The molecule has 0 unspecified atom stereocenters. The zero-order valence-corrected chi connectivity index (χ0v) is 47.9. The second kappa shape index (κ2) is 20.3. The van der Waals surface area contributed by atoms with Gasteiger partial charge >= 0.3 is 0 Å². The highest BCUT2D eigenvalue weighted by Gasteiger charge is 2.23. The molecular formula is C82H44N6O2. The van der Waals surface area contributed by atoms with E-state index in [9.17, 15) is 21.0 Å². The summed E-state index contributed by atoms with van der Waals surface area (Å²) in [5.74, 6) is 0. The monoisotopic (exact) mass is 1140 g/mol. The summed E-state index contributed by atoms with van der Waals surface area (Å²) in [6, 6.07) is 101. The van der Waals surface area contributed by atoms with Gasteiger partial charge < -0.3 is 18.0 Å². The lowest BCUT2D eigenvalue weighted by atomic mass is 9.84. The minimum atomic E-state index is 0.407. The van der Waals surface area contributed by atoms with E-state index in [1.807, 2.05) is 72.8 Å². The van der Waals surface area contributed by atoms with E-state index in [2.05, 4.69) is 215 Å². The van der Waals surface area contributed by atoms with Crippen molar-refractivity contribution < 1.29 is 8.83 Å². The van der Waals surface area contributed by atoms with E-state index in [0.29, 0.717) is 22.3 Å². The van der Waals surface area contributed by atoms with E-state index in [0.717, 1.165) is 166 Å². The number of aromatic nitrogens is 2. The zero-order valence-electron chi connectivity index (χ0n) is 47.9. The maximum Gasteiger partial charge on any atom is 0.145 e. The molecule has 8 heteroatoms. The molecule has 414 valence electrons. The van der Waals surface area contributed by atoms with Crippen LogP contribution in [0, 0.1) is 45.3 Å². The maximum absolute atomic E-state index is 10.1. The van der Waals surface area contributed by atoms with E-state index in [1.54, 1.807) is 12.1 Å². The molecular weight excluding hydrogens is 1100 g/mol. The lowest BCUT2D eigenvalue weighted by Gasteiger charge is -2.20. The minimum absolute atomic E-state index is 0.407. The van der Waals surface area contributed by atoms with Crippen molar-refractivity contribution in [1.82, 2.24) is 9.13 Å². The molecule has 0 fully saturated rings. The molecule has 0 bridgehead atoms. The lowest BCUT2D eigenvalue weighted by molar-refractivity contribution is 0.672. The van der Waals surface area contributed by atoms with Gasteiger partial charge in [0.25, 0.3) is 0 Å². The number of hydrogen-bond donors (Lipinski definition) is 0. The third-order valence-corrected chi connectivity index (χ3v) is 17.8. The molecule has 13 aromatic carbocycles. The Hall–Kier alpha value is -13.0. The summed E-state index contributed by atoms with van der Waals surface area (Å²) < 4.78 is 18.0. The van der Waals surface area contributed by atoms with Gasteiger partial charge in [0.2, 0.25) is 0 Å². The molecule has 0 spiro atoms. The van der Waals surface area contributed by atoms with Gasteiger partial charge in [0, 0.05) is 43.7 Å². The third kappa shape index (κ3) is 8.12. The van der Waals surface area contributed by atoms with Crippen LogP contribution in [0.15, 0.2) is 276 Å². The van der Waals surface area contributed by atoms with Crippen LogP contribution in [0.25, 0.3) is 166 Å². The number of nitrogens with zero attached hydrogens (tertiary/aromatic N) is 6. The van der Waals surface area contributed by atoms with Crippen LogP contribution in [0.5, 0.6) is 0 Å². The van der Waals surface area contributed by atoms with Crippen LogP contribution in [0.1, 0.15) is 22.3 Å². The van der Waals surface area contributed by atoms with Crippen LogP contribution in [0.4, 0.5) is 0 Å². The molecule has 8 nitrogen and oxygen atoms in total. The number of nitriles is 4. The number of furan rings is 2. The molecule has 0 aliphatic heterocycles. The highest BCUT2D eigenvalue weighted by atomic mass is 16.3. The predicted octanol–water partition coefficient (Wildman–Crippen LogP) is 21.2. The van der Waals surface area contributed by atoms with Gasteiger partial charge in [0.1, 0.15) is 22.3 Å². The first-order valence-electron chi connectivity index (χ1n) is 29.6. The van der Waals surface area contributed by atoms with E-state index >= 15 is 0 Å². The number of fused-ring (bicyclic) bond motifs is 14. The summed E-state index contributed by atoms with van der Waals surface area (Å²) in [6.07, 6.45) is 0. The number of benzene rings is 13. The second-order valence-corrected chi connectivity index (χ2v) is 22.8. The van der Waals surface area contributed by atoms with E-state index in [4.69, 9.17) is 8.83 Å². The topological polar surface area (TPSA) is 131 Å². The van der Waals surface area contributed by atoms with Crippen LogP contribution < -0.4 is 0 Å². The lowest BCUT2D eigenvalue weighted by Crippen LogP contribution is -1.96. The molecule has 0 N–H and O–H groups in total. The smallest absolute Gasteiger partial charge is 0.145 e. The summed E-state index contributed by atoms with van der Waals surface area (Å²) in [7, 11) is 0. The van der Waals surface area contributed by atoms with E-state index in [1.165, 1.54) is 0 Å². The molecule has 4 heterocycles. The van der Waals surface area contributed by atoms with Crippen LogP contribution in [-0.4, -0.2) is 9.13 Å². The summed E-state index contributed by atoms with van der Waals surface area (Å²) in [6.45, 7) is 0. The van der Waals surface area contributed by atoms with Gasteiger partial charge in [-0.15, -0.1) is 0 Å². The summed E-state index contributed by atoms with van der Waals surface area (Å²) in [5.41, 5.74) is 22.1. The van der Waals surface area contributed by atoms with Crippen molar-refractivity contribution in [2.24, 2.45) is 0 Å². The Morgan fingerprint density at radius 3 is 1.00 bits per heavy atom. The normalized spacial score (nSPS) is 11.5. The summed E-state index contributed by atoms with van der Waals surface area (Å²) >= 11 is 0. The van der Waals surface area contributed by atoms with Gasteiger partial charge in [0.05, 0.1) is 79.4 Å². The third-order valence-electron chi connectivity index (χ3n) is 17.8. The van der Waals surface area contributed by atoms with Crippen LogP contribution in [-0.2, 0) is 0 Å². The quantitative estimate of drug-likeness (QED) is 0.149. The standard InChI is InChI=1S/C82H44N6O2/c83-45-49-35-50(46-84)38-59(37-49)55-11-9-13-57(41-55)71-44-70(54-25-29-62(30-26-54)88-74-20-6-2-18-68(74)80-76(88)34-32-66-64-16-4-8-22-78(64)90-82(66)80)72(58-14-10-12-56(42-58)60-39-51(47-85)36-52(40-60)48-86)43-69(71)53-23-27-61(28-24-53)87-73-19-5-1-17-67(73)79-75(87)33-31-65-63-15-3-7-21-77(63)89-81(65)79/h1-44H. The molecule has 0 saturated carbocycles. The van der Waals surface area contributed by atoms with Crippen molar-refractivity contribution in [3.8, 4) is 102 Å². The van der Waals surface area contributed by atoms with Crippen LogP contribution in [0.2, 0.25) is 0 Å². The van der Waals surface area contributed by atoms with E-state index in [-0.39, 0.29) is 0 Å². The first kappa shape index (κ1) is 51.4.